The first-order valence-corrected chi connectivity index (χ1v) is 10.0. The van der Waals surface area contributed by atoms with E-state index in [9.17, 15) is 9.59 Å². The summed E-state index contributed by atoms with van der Waals surface area (Å²) in [6.45, 7) is 0.674. The second kappa shape index (κ2) is 9.40. The van der Waals surface area contributed by atoms with Gasteiger partial charge in [0.05, 0.1) is 12.3 Å². The van der Waals surface area contributed by atoms with Crippen molar-refractivity contribution in [3.8, 4) is 11.5 Å². The molecule has 1 fully saturated rings. The molecule has 2 heterocycles. The van der Waals surface area contributed by atoms with Crippen LogP contribution in [0.3, 0.4) is 0 Å². The molecular weight excluding hydrogens is 394 g/mol. The van der Waals surface area contributed by atoms with Crippen LogP contribution in [0.4, 0.5) is 10.5 Å². The third kappa shape index (κ3) is 4.90. The van der Waals surface area contributed by atoms with Gasteiger partial charge in [0.15, 0.2) is 0 Å². The minimum absolute atomic E-state index is 0.276. The molecule has 1 aromatic heterocycles. The summed E-state index contributed by atoms with van der Waals surface area (Å²) in [6.07, 6.45) is 4.60. The third-order valence-corrected chi connectivity index (χ3v) is 5.06. The fraction of sp³-hybridized carbons (Fsp3) is 0.208. The lowest BCUT2D eigenvalue weighted by Crippen LogP contribution is -2.32. The number of methoxy groups -OCH3 is 1. The highest BCUT2D eigenvalue weighted by atomic mass is 16.5. The number of imide groups is 1. The van der Waals surface area contributed by atoms with E-state index < -0.39 is 12.1 Å². The number of nitrogens with zero attached hydrogens (tertiary/aromatic N) is 2. The van der Waals surface area contributed by atoms with Gasteiger partial charge in [-0.05, 0) is 66.1 Å². The van der Waals surface area contributed by atoms with Crippen molar-refractivity contribution >= 4 is 17.6 Å². The van der Waals surface area contributed by atoms with Gasteiger partial charge in [-0.25, -0.2) is 9.69 Å². The lowest BCUT2D eigenvalue weighted by atomic mass is 10.1. The Morgan fingerprint density at radius 2 is 1.55 bits per heavy atom. The van der Waals surface area contributed by atoms with E-state index in [-0.39, 0.29) is 5.91 Å². The van der Waals surface area contributed by atoms with E-state index >= 15 is 0 Å². The Hall–Kier alpha value is -3.71. The van der Waals surface area contributed by atoms with Gasteiger partial charge >= 0.3 is 6.03 Å². The molecule has 0 aliphatic carbocycles. The van der Waals surface area contributed by atoms with E-state index in [1.165, 1.54) is 10.5 Å². The molecular formula is C24H23N3O4. The highest BCUT2D eigenvalue weighted by molar-refractivity contribution is 6.21. The predicted molar refractivity (Wildman–Crippen MR) is 116 cm³/mol. The van der Waals surface area contributed by atoms with Crippen LogP contribution in [0, 0.1) is 0 Å². The zero-order valence-electron chi connectivity index (χ0n) is 17.2. The van der Waals surface area contributed by atoms with Crippen LogP contribution >= 0.6 is 0 Å². The maximum Gasteiger partial charge on any atom is 0.329 e. The van der Waals surface area contributed by atoms with Gasteiger partial charge in [0.25, 0.3) is 5.91 Å². The summed E-state index contributed by atoms with van der Waals surface area (Å²) in [7, 11) is 1.68. The molecule has 1 saturated heterocycles. The molecule has 2 aromatic carbocycles. The van der Waals surface area contributed by atoms with E-state index in [1.807, 2.05) is 36.4 Å². The molecule has 31 heavy (non-hydrogen) atoms. The summed E-state index contributed by atoms with van der Waals surface area (Å²) < 4.78 is 11.0. The number of hydrogen-bond acceptors (Lipinski definition) is 5. The molecule has 0 spiro atoms. The van der Waals surface area contributed by atoms with Gasteiger partial charge in [0.2, 0.25) is 0 Å². The zero-order chi connectivity index (χ0) is 21.6. The molecule has 7 heteroatoms. The average molecular weight is 417 g/mol. The quantitative estimate of drug-likeness (QED) is 0.565. The SMILES string of the molecule is COCCc1ccc(Oc2ccc(N3C(=O)NC(Cc4ccncc4)C3=O)cc2)cc1. The number of pyridine rings is 1. The van der Waals surface area contributed by atoms with Crippen LogP contribution in [0.1, 0.15) is 11.1 Å². The summed E-state index contributed by atoms with van der Waals surface area (Å²) in [6, 6.07) is 17.3. The van der Waals surface area contributed by atoms with Crippen LogP contribution in [-0.2, 0) is 22.4 Å². The molecule has 1 unspecified atom stereocenters. The maximum absolute atomic E-state index is 12.8. The Bertz CT molecular complexity index is 1040. The van der Waals surface area contributed by atoms with Crippen molar-refractivity contribution in [3.63, 3.8) is 0 Å². The van der Waals surface area contributed by atoms with Crippen LogP contribution in [0.25, 0.3) is 0 Å². The van der Waals surface area contributed by atoms with Crippen LogP contribution in [0.5, 0.6) is 11.5 Å². The number of amides is 3. The Balaban J connectivity index is 1.40. The van der Waals surface area contributed by atoms with Gasteiger partial charge < -0.3 is 14.8 Å². The number of anilines is 1. The van der Waals surface area contributed by atoms with Crippen molar-refractivity contribution in [2.45, 2.75) is 18.9 Å². The van der Waals surface area contributed by atoms with E-state index in [4.69, 9.17) is 9.47 Å². The number of ether oxygens (including phenoxy) is 2. The molecule has 1 aliphatic heterocycles. The fourth-order valence-electron chi connectivity index (χ4n) is 3.41. The lowest BCUT2D eigenvalue weighted by Gasteiger charge is -2.14. The number of rotatable bonds is 8. The van der Waals surface area contributed by atoms with E-state index in [0.717, 1.165) is 12.0 Å². The number of urea groups is 1. The van der Waals surface area contributed by atoms with Crippen LogP contribution < -0.4 is 15.0 Å². The van der Waals surface area contributed by atoms with Crippen molar-refractivity contribution in [1.82, 2.24) is 10.3 Å². The number of nitrogens with one attached hydrogen (secondary N) is 1. The van der Waals surface area contributed by atoms with Crippen molar-refractivity contribution < 1.29 is 19.1 Å². The molecule has 158 valence electrons. The van der Waals surface area contributed by atoms with Crippen molar-refractivity contribution in [2.24, 2.45) is 0 Å². The number of aromatic nitrogens is 1. The minimum atomic E-state index is -0.595. The molecule has 3 amide bonds. The number of carbonyl (C=O) groups excluding carboxylic acids is 2. The van der Waals surface area contributed by atoms with Crippen LogP contribution in [-0.4, -0.2) is 36.7 Å². The predicted octanol–water partition coefficient (Wildman–Crippen LogP) is 3.73. The first-order valence-electron chi connectivity index (χ1n) is 10.0. The van der Waals surface area contributed by atoms with Crippen LogP contribution in [0.2, 0.25) is 0 Å². The van der Waals surface area contributed by atoms with E-state index in [2.05, 4.69) is 10.3 Å². The van der Waals surface area contributed by atoms with E-state index in [1.54, 1.807) is 43.8 Å². The molecule has 1 atom stereocenters. The molecule has 0 saturated carbocycles. The molecule has 0 radical (unpaired) electrons. The van der Waals surface area contributed by atoms with Crippen LogP contribution in [0.15, 0.2) is 73.1 Å². The highest BCUT2D eigenvalue weighted by Crippen LogP contribution is 2.27. The van der Waals surface area contributed by atoms with Crippen molar-refractivity contribution in [3.05, 3.63) is 84.2 Å². The molecule has 1 aliphatic rings. The summed E-state index contributed by atoms with van der Waals surface area (Å²) in [5.41, 5.74) is 2.61. The van der Waals surface area contributed by atoms with Gasteiger partial charge in [0, 0.05) is 25.9 Å². The number of hydrogen-bond donors (Lipinski definition) is 1. The van der Waals surface area contributed by atoms with Crippen molar-refractivity contribution in [2.75, 3.05) is 18.6 Å². The zero-order valence-corrected chi connectivity index (χ0v) is 17.2. The largest absolute Gasteiger partial charge is 0.457 e. The topological polar surface area (TPSA) is 80.8 Å². The maximum atomic E-state index is 12.8. The van der Waals surface area contributed by atoms with Crippen molar-refractivity contribution in [1.29, 1.82) is 0 Å². The molecule has 0 bridgehead atoms. The second-order valence-corrected chi connectivity index (χ2v) is 7.22. The monoisotopic (exact) mass is 417 g/mol. The lowest BCUT2D eigenvalue weighted by molar-refractivity contribution is -0.118. The van der Waals surface area contributed by atoms with Gasteiger partial charge in [-0.15, -0.1) is 0 Å². The minimum Gasteiger partial charge on any atom is -0.457 e. The average Bonchev–Trinajstić information content (AvgIpc) is 3.07. The smallest absolute Gasteiger partial charge is 0.329 e. The molecule has 4 rings (SSSR count). The van der Waals surface area contributed by atoms with Gasteiger partial charge in [-0.3, -0.25) is 9.78 Å². The number of benzene rings is 2. The molecule has 7 nitrogen and oxygen atoms in total. The normalized spacial score (nSPS) is 15.8. The fourth-order valence-corrected chi connectivity index (χ4v) is 3.41. The Morgan fingerprint density at radius 3 is 2.19 bits per heavy atom. The van der Waals surface area contributed by atoms with Gasteiger partial charge in [-0.2, -0.15) is 0 Å². The summed E-state index contributed by atoms with van der Waals surface area (Å²) in [5.74, 6) is 1.05. The first-order chi connectivity index (χ1) is 15.1. The third-order valence-electron chi connectivity index (χ3n) is 5.06. The Morgan fingerprint density at radius 1 is 0.903 bits per heavy atom. The van der Waals surface area contributed by atoms with Gasteiger partial charge in [-0.1, -0.05) is 12.1 Å². The summed E-state index contributed by atoms with van der Waals surface area (Å²) >= 11 is 0. The summed E-state index contributed by atoms with van der Waals surface area (Å²) in [5, 5.41) is 2.75. The second-order valence-electron chi connectivity index (χ2n) is 7.22. The Kier molecular flexibility index (Phi) is 6.24. The summed E-state index contributed by atoms with van der Waals surface area (Å²) in [4.78, 5) is 30.3. The number of carbonyl (C=O) groups is 2. The highest BCUT2D eigenvalue weighted by Gasteiger charge is 2.38. The Labute approximate surface area is 180 Å². The molecule has 1 N–H and O–H groups in total. The first kappa shape index (κ1) is 20.6. The van der Waals surface area contributed by atoms with E-state index in [0.29, 0.717) is 30.2 Å². The molecule has 3 aromatic rings. The van der Waals surface area contributed by atoms with Gasteiger partial charge in [0.1, 0.15) is 17.5 Å². The standard InChI is InChI=1S/C24H23N3O4/c1-30-15-12-17-2-6-20(7-3-17)31-21-8-4-19(5-9-21)27-23(28)22(26-24(27)29)16-18-10-13-25-14-11-18/h2-11,13-14,22H,12,15-16H2,1H3,(H,26,29).